The van der Waals surface area contributed by atoms with Gasteiger partial charge in [-0.15, -0.1) is 6.58 Å². The number of carbonyl (C=O) groups excluding carboxylic acids is 1. The minimum Gasteiger partial charge on any atom is -0.325 e. The molecular weight excluding hydrogens is 315 g/mol. The number of halogens is 1. The summed E-state index contributed by atoms with van der Waals surface area (Å²) in [5, 5.41) is 2.78. The molecule has 0 heterocycles. The van der Waals surface area contributed by atoms with Crippen molar-refractivity contribution in [3.05, 3.63) is 40.0 Å². The summed E-state index contributed by atoms with van der Waals surface area (Å²) < 4.78 is 1.12. The third-order valence-corrected chi connectivity index (χ3v) is 3.36. The van der Waals surface area contributed by atoms with Crippen molar-refractivity contribution in [1.29, 1.82) is 0 Å². The fourth-order valence-electron chi connectivity index (χ4n) is 1.19. The molecular formula is C12H15IN2O. The van der Waals surface area contributed by atoms with Gasteiger partial charge in [-0.25, -0.2) is 0 Å². The lowest BCUT2D eigenvalue weighted by Gasteiger charge is -2.11. The smallest absolute Gasteiger partial charge is 0.241 e. The molecule has 1 unspecified atom stereocenters. The number of nitrogens with two attached hydrogens (primary N) is 1. The summed E-state index contributed by atoms with van der Waals surface area (Å²) >= 11 is 2.23. The fraction of sp³-hybridized carbons (Fsp3) is 0.250. The van der Waals surface area contributed by atoms with Crippen LogP contribution in [-0.2, 0) is 4.79 Å². The number of amides is 1. The fourth-order valence-corrected chi connectivity index (χ4v) is 1.71. The summed E-state index contributed by atoms with van der Waals surface area (Å²) in [5.41, 5.74) is 7.62. The van der Waals surface area contributed by atoms with Crippen molar-refractivity contribution >= 4 is 34.2 Å². The van der Waals surface area contributed by atoms with Crippen molar-refractivity contribution in [3.8, 4) is 0 Å². The Bertz CT molecular complexity index is 404. The summed E-state index contributed by atoms with van der Waals surface area (Å²) in [6.45, 7) is 5.58. The molecule has 3 nitrogen and oxygen atoms in total. The predicted octanol–water partition coefficient (Wildman–Crippen LogP) is 2.44. The molecule has 1 aromatic rings. The summed E-state index contributed by atoms with van der Waals surface area (Å²) in [5.74, 6) is -0.181. The third-order valence-electron chi connectivity index (χ3n) is 2.20. The van der Waals surface area contributed by atoms with Gasteiger partial charge in [-0.2, -0.15) is 0 Å². The minimum atomic E-state index is -0.531. The van der Waals surface area contributed by atoms with E-state index in [0.717, 1.165) is 9.26 Å². The van der Waals surface area contributed by atoms with Crippen LogP contribution in [0.15, 0.2) is 30.9 Å². The van der Waals surface area contributed by atoms with Crippen molar-refractivity contribution in [2.24, 2.45) is 5.73 Å². The lowest BCUT2D eigenvalue weighted by Crippen LogP contribution is -2.35. The Morgan fingerprint density at radius 3 is 2.94 bits per heavy atom. The van der Waals surface area contributed by atoms with Gasteiger partial charge in [0, 0.05) is 9.26 Å². The average molecular weight is 330 g/mol. The van der Waals surface area contributed by atoms with Crippen molar-refractivity contribution in [3.63, 3.8) is 0 Å². The molecule has 0 aliphatic rings. The predicted molar refractivity (Wildman–Crippen MR) is 75.3 cm³/mol. The molecule has 0 bridgehead atoms. The van der Waals surface area contributed by atoms with Gasteiger partial charge in [0.25, 0.3) is 0 Å². The molecule has 0 saturated heterocycles. The van der Waals surface area contributed by atoms with Crippen LogP contribution in [0.3, 0.4) is 0 Å². The highest BCUT2D eigenvalue weighted by Gasteiger charge is 2.11. The highest BCUT2D eigenvalue weighted by atomic mass is 127. The Morgan fingerprint density at radius 1 is 1.69 bits per heavy atom. The van der Waals surface area contributed by atoms with Crippen molar-refractivity contribution in [2.75, 3.05) is 5.32 Å². The first kappa shape index (κ1) is 13.2. The van der Waals surface area contributed by atoms with Crippen LogP contribution in [0, 0.1) is 10.5 Å². The standard InChI is InChI=1S/C12H15IN2O/c1-3-4-11(14)12(16)15-9-6-5-8(2)10(13)7-9/h3,5-7,11H,1,4,14H2,2H3,(H,15,16). The zero-order valence-electron chi connectivity index (χ0n) is 9.16. The van der Waals surface area contributed by atoms with E-state index in [9.17, 15) is 4.79 Å². The molecule has 1 atom stereocenters. The van der Waals surface area contributed by atoms with Crippen LogP contribution < -0.4 is 11.1 Å². The number of hydrogen-bond donors (Lipinski definition) is 2. The maximum Gasteiger partial charge on any atom is 0.241 e. The second-order valence-electron chi connectivity index (χ2n) is 3.58. The lowest BCUT2D eigenvalue weighted by molar-refractivity contribution is -0.117. The molecule has 3 N–H and O–H groups in total. The molecule has 16 heavy (non-hydrogen) atoms. The van der Waals surface area contributed by atoms with Crippen LogP contribution in [0.2, 0.25) is 0 Å². The van der Waals surface area contributed by atoms with Gasteiger partial charge in [0.1, 0.15) is 0 Å². The van der Waals surface area contributed by atoms with E-state index in [4.69, 9.17) is 5.73 Å². The molecule has 0 radical (unpaired) electrons. The van der Waals surface area contributed by atoms with E-state index in [1.54, 1.807) is 6.08 Å². The average Bonchev–Trinajstić information content (AvgIpc) is 2.24. The topological polar surface area (TPSA) is 55.1 Å². The first-order valence-electron chi connectivity index (χ1n) is 4.98. The van der Waals surface area contributed by atoms with E-state index in [-0.39, 0.29) is 5.91 Å². The number of nitrogens with one attached hydrogen (secondary N) is 1. The molecule has 0 fully saturated rings. The Balaban J connectivity index is 2.69. The van der Waals surface area contributed by atoms with Crippen LogP contribution in [0.1, 0.15) is 12.0 Å². The summed E-state index contributed by atoms with van der Waals surface area (Å²) in [6.07, 6.45) is 2.12. The highest BCUT2D eigenvalue weighted by Crippen LogP contribution is 2.17. The molecule has 86 valence electrons. The quantitative estimate of drug-likeness (QED) is 0.658. The van der Waals surface area contributed by atoms with Crippen LogP contribution in [-0.4, -0.2) is 11.9 Å². The molecule has 0 aliphatic heterocycles. The van der Waals surface area contributed by atoms with E-state index >= 15 is 0 Å². The third kappa shape index (κ3) is 3.61. The van der Waals surface area contributed by atoms with Gasteiger partial charge < -0.3 is 11.1 Å². The number of carbonyl (C=O) groups is 1. The van der Waals surface area contributed by atoms with Gasteiger partial charge >= 0.3 is 0 Å². The van der Waals surface area contributed by atoms with Crippen LogP contribution in [0.4, 0.5) is 5.69 Å². The Labute approximate surface area is 109 Å². The maximum atomic E-state index is 11.6. The van der Waals surface area contributed by atoms with E-state index in [1.807, 2.05) is 25.1 Å². The number of aryl methyl sites for hydroxylation is 1. The van der Waals surface area contributed by atoms with Gasteiger partial charge in [0.2, 0.25) is 5.91 Å². The largest absolute Gasteiger partial charge is 0.325 e. The summed E-state index contributed by atoms with van der Waals surface area (Å²) in [6, 6.07) is 5.23. The molecule has 4 heteroatoms. The maximum absolute atomic E-state index is 11.6. The van der Waals surface area contributed by atoms with Gasteiger partial charge in [-0.05, 0) is 53.6 Å². The van der Waals surface area contributed by atoms with E-state index in [0.29, 0.717) is 6.42 Å². The normalized spacial score (nSPS) is 11.9. The zero-order chi connectivity index (χ0) is 12.1. The van der Waals surface area contributed by atoms with Gasteiger partial charge in [-0.3, -0.25) is 4.79 Å². The molecule has 1 amide bonds. The first-order chi connectivity index (χ1) is 7.54. The Kier molecular flexibility index (Phi) is 4.95. The van der Waals surface area contributed by atoms with Crippen LogP contribution >= 0.6 is 22.6 Å². The second-order valence-corrected chi connectivity index (χ2v) is 4.75. The van der Waals surface area contributed by atoms with E-state index in [1.165, 1.54) is 5.56 Å². The lowest BCUT2D eigenvalue weighted by atomic mass is 10.2. The number of rotatable bonds is 4. The SMILES string of the molecule is C=CCC(N)C(=O)Nc1ccc(C)c(I)c1. The van der Waals surface area contributed by atoms with Gasteiger partial charge in [0.05, 0.1) is 6.04 Å². The van der Waals surface area contributed by atoms with Gasteiger partial charge in [0.15, 0.2) is 0 Å². The van der Waals surface area contributed by atoms with Gasteiger partial charge in [-0.1, -0.05) is 12.1 Å². The monoisotopic (exact) mass is 330 g/mol. The highest BCUT2D eigenvalue weighted by molar-refractivity contribution is 14.1. The van der Waals surface area contributed by atoms with E-state index in [2.05, 4.69) is 34.5 Å². The van der Waals surface area contributed by atoms with Crippen molar-refractivity contribution in [1.82, 2.24) is 0 Å². The summed E-state index contributed by atoms with van der Waals surface area (Å²) in [4.78, 5) is 11.6. The minimum absolute atomic E-state index is 0.181. The van der Waals surface area contributed by atoms with Crippen LogP contribution in [0.25, 0.3) is 0 Å². The number of anilines is 1. The molecule has 1 rings (SSSR count). The van der Waals surface area contributed by atoms with E-state index < -0.39 is 6.04 Å². The molecule has 0 aliphatic carbocycles. The molecule has 0 spiro atoms. The first-order valence-corrected chi connectivity index (χ1v) is 6.06. The zero-order valence-corrected chi connectivity index (χ0v) is 11.3. The van der Waals surface area contributed by atoms with Crippen LogP contribution in [0.5, 0.6) is 0 Å². The molecule has 1 aromatic carbocycles. The number of hydrogen-bond acceptors (Lipinski definition) is 2. The molecule has 0 aromatic heterocycles. The Morgan fingerprint density at radius 2 is 2.38 bits per heavy atom. The Hall–Kier alpha value is -0.880. The summed E-state index contributed by atoms with van der Waals surface area (Å²) in [7, 11) is 0. The van der Waals surface area contributed by atoms with Crippen molar-refractivity contribution in [2.45, 2.75) is 19.4 Å². The second kappa shape index (κ2) is 6.00. The number of benzene rings is 1. The molecule has 0 saturated carbocycles. The van der Waals surface area contributed by atoms with Crippen molar-refractivity contribution < 1.29 is 4.79 Å².